The summed E-state index contributed by atoms with van der Waals surface area (Å²) in [6, 6.07) is 9.70. The van der Waals surface area contributed by atoms with Gasteiger partial charge in [0.15, 0.2) is 5.60 Å². The molecule has 4 rings (SSSR count). The predicted octanol–water partition coefficient (Wildman–Crippen LogP) is 2.33. The summed E-state index contributed by atoms with van der Waals surface area (Å²) in [5.41, 5.74) is 0.464. The maximum atomic E-state index is 13.5. The van der Waals surface area contributed by atoms with Crippen molar-refractivity contribution >= 4 is 17.5 Å². The lowest BCUT2D eigenvalue weighted by Gasteiger charge is -2.42. The van der Waals surface area contributed by atoms with Crippen molar-refractivity contribution in [3.63, 3.8) is 0 Å². The van der Waals surface area contributed by atoms with Crippen molar-refractivity contribution in [3.05, 3.63) is 48.3 Å². The number of carbonyl (C=O) groups excluding carboxylic acids is 2. The number of amides is 2. The SMILES string of the molecule is CCn1cc(C(=O)N2CCOC3(CCCCN(c4ccccc4)C3=O)C2)cn1. The maximum Gasteiger partial charge on any atom is 0.261 e. The molecule has 7 heteroatoms. The van der Waals surface area contributed by atoms with E-state index in [1.54, 1.807) is 22.0 Å². The Bertz CT molecular complexity index is 850. The predicted molar refractivity (Wildman–Crippen MR) is 105 cm³/mol. The van der Waals surface area contributed by atoms with E-state index in [0.717, 1.165) is 18.5 Å². The first-order valence-corrected chi connectivity index (χ1v) is 9.96. The van der Waals surface area contributed by atoms with E-state index in [4.69, 9.17) is 4.74 Å². The number of hydrogen-bond donors (Lipinski definition) is 0. The van der Waals surface area contributed by atoms with Crippen molar-refractivity contribution in [3.8, 4) is 0 Å². The molecular weight excluding hydrogens is 356 g/mol. The van der Waals surface area contributed by atoms with Crippen LogP contribution in [0.15, 0.2) is 42.7 Å². The van der Waals surface area contributed by atoms with Gasteiger partial charge in [0.2, 0.25) is 0 Å². The normalized spacial score (nSPS) is 23.1. The van der Waals surface area contributed by atoms with Gasteiger partial charge < -0.3 is 14.5 Å². The summed E-state index contributed by atoms with van der Waals surface area (Å²) >= 11 is 0. The van der Waals surface area contributed by atoms with Gasteiger partial charge in [0.1, 0.15) is 0 Å². The van der Waals surface area contributed by atoms with Crippen molar-refractivity contribution in [1.29, 1.82) is 0 Å². The third-order valence-corrected chi connectivity index (χ3v) is 5.59. The number of anilines is 1. The summed E-state index contributed by atoms with van der Waals surface area (Å²) in [4.78, 5) is 30.1. The molecule has 0 radical (unpaired) electrons. The zero-order chi connectivity index (χ0) is 19.6. The molecule has 2 aromatic rings. The quantitative estimate of drug-likeness (QED) is 0.817. The van der Waals surface area contributed by atoms with E-state index in [-0.39, 0.29) is 18.4 Å². The lowest BCUT2D eigenvalue weighted by atomic mass is 9.93. The molecule has 2 fully saturated rings. The molecule has 0 N–H and O–H groups in total. The first kappa shape index (κ1) is 18.7. The molecule has 2 saturated heterocycles. The van der Waals surface area contributed by atoms with Gasteiger partial charge in [0, 0.05) is 31.5 Å². The zero-order valence-electron chi connectivity index (χ0n) is 16.2. The second kappa shape index (κ2) is 7.75. The first-order valence-electron chi connectivity index (χ1n) is 9.96. The Hall–Kier alpha value is -2.67. The number of hydrogen-bond acceptors (Lipinski definition) is 4. The van der Waals surface area contributed by atoms with E-state index in [9.17, 15) is 9.59 Å². The van der Waals surface area contributed by atoms with Crippen LogP contribution in [-0.2, 0) is 16.1 Å². The standard InChI is InChI=1S/C21H26N4O3/c1-2-24-15-17(14-22-24)19(26)23-12-13-28-21(16-23)10-6-7-11-25(20(21)27)18-8-4-3-5-9-18/h3-5,8-9,14-15H,2,6-7,10-13,16H2,1H3. The Kier molecular flexibility index (Phi) is 5.17. The van der Waals surface area contributed by atoms with Gasteiger partial charge >= 0.3 is 0 Å². The third kappa shape index (κ3) is 3.42. The molecule has 0 bridgehead atoms. The number of rotatable bonds is 3. The Morgan fingerprint density at radius 2 is 2.04 bits per heavy atom. The fourth-order valence-electron chi connectivity index (χ4n) is 4.06. The molecule has 1 aromatic carbocycles. The molecule has 1 unspecified atom stereocenters. The molecule has 2 aliphatic heterocycles. The molecule has 2 aliphatic rings. The van der Waals surface area contributed by atoms with Crippen molar-refractivity contribution in [2.24, 2.45) is 0 Å². The second-order valence-electron chi connectivity index (χ2n) is 7.40. The highest BCUT2D eigenvalue weighted by Gasteiger charge is 2.48. The Morgan fingerprint density at radius 1 is 1.21 bits per heavy atom. The van der Waals surface area contributed by atoms with E-state index < -0.39 is 5.60 Å². The molecule has 148 valence electrons. The average molecular weight is 382 g/mol. The molecular formula is C21H26N4O3. The van der Waals surface area contributed by atoms with Crippen LogP contribution >= 0.6 is 0 Å². The van der Waals surface area contributed by atoms with Crippen LogP contribution in [0.2, 0.25) is 0 Å². The van der Waals surface area contributed by atoms with Gasteiger partial charge in [-0.05, 0) is 38.3 Å². The number of benzene rings is 1. The van der Waals surface area contributed by atoms with Gasteiger partial charge in [-0.1, -0.05) is 18.2 Å². The zero-order valence-corrected chi connectivity index (χ0v) is 16.2. The van der Waals surface area contributed by atoms with Gasteiger partial charge in [-0.3, -0.25) is 14.3 Å². The molecule has 1 spiro atoms. The minimum Gasteiger partial charge on any atom is -0.361 e. The average Bonchev–Trinajstić information content (AvgIpc) is 3.17. The number of para-hydroxylation sites is 1. The van der Waals surface area contributed by atoms with Crippen LogP contribution in [0, 0.1) is 0 Å². The van der Waals surface area contributed by atoms with Crippen LogP contribution in [0.25, 0.3) is 0 Å². The minimum absolute atomic E-state index is 0.0436. The van der Waals surface area contributed by atoms with Gasteiger partial charge in [0.05, 0.1) is 24.9 Å². The van der Waals surface area contributed by atoms with Crippen LogP contribution in [0.4, 0.5) is 5.69 Å². The first-order chi connectivity index (χ1) is 13.6. The van der Waals surface area contributed by atoms with Crippen molar-refractivity contribution in [1.82, 2.24) is 14.7 Å². The lowest BCUT2D eigenvalue weighted by Crippen LogP contribution is -2.61. The van der Waals surface area contributed by atoms with Crippen LogP contribution in [0.1, 0.15) is 36.5 Å². The minimum atomic E-state index is -0.971. The monoisotopic (exact) mass is 382 g/mol. The fourth-order valence-corrected chi connectivity index (χ4v) is 4.06. The molecule has 1 aromatic heterocycles. The molecule has 0 saturated carbocycles. The van der Waals surface area contributed by atoms with E-state index in [0.29, 0.717) is 38.2 Å². The van der Waals surface area contributed by atoms with Gasteiger partial charge in [-0.15, -0.1) is 0 Å². The fraction of sp³-hybridized carbons (Fsp3) is 0.476. The molecule has 28 heavy (non-hydrogen) atoms. The largest absolute Gasteiger partial charge is 0.361 e. The number of aryl methyl sites for hydroxylation is 1. The van der Waals surface area contributed by atoms with Gasteiger partial charge in [0.25, 0.3) is 11.8 Å². The smallest absolute Gasteiger partial charge is 0.261 e. The highest BCUT2D eigenvalue weighted by molar-refractivity contribution is 6.01. The van der Waals surface area contributed by atoms with E-state index in [2.05, 4.69) is 5.10 Å². The van der Waals surface area contributed by atoms with Crippen LogP contribution in [-0.4, -0.2) is 58.3 Å². The van der Waals surface area contributed by atoms with Crippen molar-refractivity contribution < 1.29 is 14.3 Å². The van der Waals surface area contributed by atoms with Crippen LogP contribution < -0.4 is 4.90 Å². The molecule has 3 heterocycles. The lowest BCUT2D eigenvalue weighted by molar-refractivity contribution is -0.155. The number of nitrogens with zero attached hydrogens (tertiary/aromatic N) is 4. The molecule has 7 nitrogen and oxygen atoms in total. The summed E-state index contributed by atoms with van der Waals surface area (Å²) < 4.78 is 7.82. The van der Waals surface area contributed by atoms with E-state index in [1.165, 1.54) is 0 Å². The van der Waals surface area contributed by atoms with Crippen LogP contribution in [0.3, 0.4) is 0 Å². The van der Waals surface area contributed by atoms with E-state index in [1.807, 2.05) is 42.2 Å². The topological polar surface area (TPSA) is 67.7 Å². The Balaban J connectivity index is 1.58. The number of ether oxygens (including phenoxy) is 1. The van der Waals surface area contributed by atoms with Crippen LogP contribution in [0.5, 0.6) is 0 Å². The number of carbonyl (C=O) groups is 2. The summed E-state index contributed by atoms with van der Waals surface area (Å²) in [5.74, 6) is -0.136. The number of aromatic nitrogens is 2. The van der Waals surface area contributed by atoms with Gasteiger partial charge in [-0.25, -0.2) is 0 Å². The number of morpholine rings is 1. The molecule has 2 amide bonds. The summed E-state index contributed by atoms with van der Waals surface area (Å²) in [7, 11) is 0. The van der Waals surface area contributed by atoms with Crippen molar-refractivity contribution in [2.45, 2.75) is 38.3 Å². The Labute approximate surface area is 164 Å². The molecule has 1 atom stereocenters. The Morgan fingerprint density at radius 3 is 2.79 bits per heavy atom. The summed E-state index contributed by atoms with van der Waals surface area (Å²) in [5, 5.41) is 4.20. The van der Waals surface area contributed by atoms with Gasteiger partial charge in [-0.2, -0.15) is 5.10 Å². The summed E-state index contributed by atoms with van der Waals surface area (Å²) in [6.45, 7) is 4.49. The maximum absolute atomic E-state index is 13.5. The highest BCUT2D eigenvalue weighted by Crippen LogP contribution is 2.32. The summed E-state index contributed by atoms with van der Waals surface area (Å²) in [6.07, 6.45) is 5.80. The highest BCUT2D eigenvalue weighted by atomic mass is 16.5. The third-order valence-electron chi connectivity index (χ3n) is 5.59. The second-order valence-corrected chi connectivity index (χ2v) is 7.40. The van der Waals surface area contributed by atoms with E-state index >= 15 is 0 Å². The molecule has 0 aliphatic carbocycles. The van der Waals surface area contributed by atoms with Crippen molar-refractivity contribution in [2.75, 3.05) is 31.1 Å².